The van der Waals surface area contributed by atoms with Gasteiger partial charge in [0.05, 0.1) is 0 Å². The molecule has 2 aliphatic heterocycles. The van der Waals surface area contributed by atoms with Gasteiger partial charge in [-0.15, -0.1) is 0 Å². The van der Waals surface area contributed by atoms with Crippen molar-refractivity contribution in [2.45, 2.75) is 37.9 Å². The van der Waals surface area contributed by atoms with Crippen LogP contribution in [-0.4, -0.2) is 58.8 Å². The molecule has 2 aliphatic rings. The molecule has 2 saturated heterocycles. The molecule has 1 unspecified atom stereocenters. The topological polar surface area (TPSA) is 40.6 Å². The highest BCUT2D eigenvalue weighted by Crippen LogP contribution is 2.24. The molecule has 0 spiro atoms. The fourth-order valence-corrected chi connectivity index (χ4v) is 3.66. The van der Waals surface area contributed by atoms with Crippen LogP contribution in [0.1, 0.15) is 32.6 Å². The predicted molar refractivity (Wildman–Crippen MR) is 73.5 cm³/mol. The van der Waals surface area contributed by atoms with Gasteiger partial charge >= 0.3 is 0 Å². The summed E-state index contributed by atoms with van der Waals surface area (Å²) in [5.41, 5.74) is 0. The molecule has 0 N–H and O–H groups in total. The number of hydrogen-bond donors (Lipinski definition) is 0. The Bertz CT molecular complexity index is 316. The fourth-order valence-electron chi connectivity index (χ4n) is 2.71. The molecule has 5 heteroatoms. The van der Waals surface area contributed by atoms with E-state index in [2.05, 4.69) is 4.90 Å². The number of carbonyl (C=O) groups excluding carboxylic acids is 2. The average molecular weight is 270 g/mol. The lowest BCUT2D eigenvalue weighted by molar-refractivity contribution is -0.127. The normalized spacial score (nSPS) is 25.7. The first-order valence-corrected chi connectivity index (χ1v) is 7.70. The highest BCUT2D eigenvalue weighted by atomic mass is 32.2. The smallest absolute Gasteiger partial charge is 0.223 e. The van der Waals surface area contributed by atoms with E-state index in [1.807, 2.05) is 4.90 Å². The number of piperidine rings is 1. The summed E-state index contributed by atoms with van der Waals surface area (Å²) in [4.78, 5) is 27.2. The number of nitrogens with zero attached hydrogens (tertiary/aromatic N) is 2. The highest BCUT2D eigenvalue weighted by Gasteiger charge is 2.30. The number of hydrogen-bond acceptors (Lipinski definition) is 4. The van der Waals surface area contributed by atoms with Gasteiger partial charge in [-0.3, -0.25) is 9.59 Å². The third-order valence-electron chi connectivity index (χ3n) is 3.65. The van der Waals surface area contributed by atoms with E-state index in [1.54, 1.807) is 6.92 Å². The molecule has 2 rings (SSSR count). The van der Waals surface area contributed by atoms with Crippen molar-refractivity contribution in [2.75, 3.05) is 32.7 Å². The Morgan fingerprint density at radius 3 is 2.67 bits per heavy atom. The van der Waals surface area contributed by atoms with Crippen molar-refractivity contribution in [3.05, 3.63) is 0 Å². The van der Waals surface area contributed by atoms with E-state index in [4.69, 9.17) is 0 Å². The Morgan fingerprint density at radius 1 is 1.28 bits per heavy atom. The van der Waals surface area contributed by atoms with Crippen molar-refractivity contribution in [3.8, 4) is 0 Å². The molecule has 2 fully saturated rings. The summed E-state index contributed by atoms with van der Waals surface area (Å²) < 4.78 is 0. The molecule has 4 nitrogen and oxygen atoms in total. The fraction of sp³-hybridized carbons (Fsp3) is 0.846. The van der Waals surface area contributed by atoms with Crippen LogP contribution >= 0.6 is 11.8 Å². The van der Waals surface area contributed by atoms with Crippen LogP contribution in [0.15, 0.2) is 0 Å². The highest BCUT2D eigenvalue weighted by molar-refractivity contribution is 8.14. The van der Waals surface area contributed by atoms with Gasteiger partial charge in [-0.05, 0) is 25.9 Å². The van der Waals surface area contributed by atoms with Crippen LogP contribution in [0.4, 0.5) is 0 Å². The second-order valence-electron chi connectivity index (χ2n) is 5.18. The molecule has 0 aromatic carbocycles. The second-order valence-corrected chi connectivity index (χ2v) is 6.65. The Morgan fingerprint density at radius 2 is 2.00 bits per heavy atom. The van der Waals surface area contributed by atoms with Crippen LogP contribution < -0.4 is 0 Å². The van der Waals surface area contributed by atoms with Gasteiger partial charge in [0.2, 0.25) is 5.91 Å². The first-order valence-electron chi connectivity index (χ1n) is 6.82. The third kappa shape index (κ3) is 3.99. The van der Waals surface area contributed by atoms with Crippen molar-refractivity contribution >= 4 is 22.8 Å². The Balaban J connectivity index is 1.72. The van der Waals surface area contributed by atoms with Crippen molar-refractivity contribution in [1.29, 1.82) is 0 Å². The zero-order chi connectivity index (χ0) is 13.0. The zero-order valence-corrected chi connectivity index (χ0v) is 11.9. The first kappa shape index (κ1) is 13.9. The Kier molecular flexibility index (Phi) is 5.06. The zero-order valence-electron chi connectivity index (χ0n) is 11.1. The molecule has 0 saturated carbocycles. The molecule has 102 valence electrons. The van der Waals surface area contributed by atoms with Gasteiger partial charge in [0, 0.05) is 38.2 Å². The van der Waals surface area contributed by atoms with Crippen LogP contribution in [-0.2, 0) is 9.59 Å². The van der Waals surface area contributed by atoms with E-state index in [0.29, 0.717) is 6.42 Å². The SMILES string of the molecule is CC(=O)SC1CC(=O)N(CCN2CCCCC2)C1. The lowest BCUT2D eigenvalue weighted by atomic mass is 10.1. The van der Waals surface area contributed by atoms with Crippen molar-refractivity contribution in [2.24, 2.45) is 0 Å². The Hall–Kier alpha value is -0.550. The van der Waals surface area contributed by atoms with Crippen molar-refractivity contribution < 1.29 is 9.59 Å². The molecule has 0 bridgehead atoms. The minimum absolute atomic E-state index is 0.116. The molecule has 18 heavy (non-hydrogen) atoms. The summed E-state index contributed by atoms with van der Waals surface area (Å²) in [6, 6.07) is 0. The largest absolute Gasteiger partial charge is 0.340 e. The molecular formula is C13H22N2O2S. The molecule has 0 radical (unpaired) electrons. The molecular weight excluding hydrogens is 248 g/mol. The number of amides is 1. The second kappa shape index (κ2) is 6.57. The van der Waals surface area contributed by atoms with E-state index in [-0.39, 0.29) is 16.3 Å². The summed E-state index contributed by atoms with van der Waals surface area (Å²) in [6.45, 7) is 6.49. The number of carbonyl (C=O) groups is 2. The number of rotatable bonds is 4. The van der Waals surface area contributed by atoms with Crippen molar-refractivity contribution in [1.82, 2.24) is 9.80 Å². The molecule has 1 atom stereocenters. The monoisotopic (exact) mass is 270 g/mol. The maximum Gasteiger partial charge on any atom is 0.223 e. The minimum Gasteiger partial charge on any atom is -0.340 e. The molecule has 0 aromatic heterocycles. The lowest BCUT2D eigenvalue weighted by Crippen LogP contribution is -2.38. The van der Waals surface area contributed by atoms with Gasteiger partial charge < -0.3 is 9.80 Å². The summed E-state index contributed by atoms with van der Waals surface area (Å²) in [5.74, 6) is 0.214. The van der Waals surface area contributed by atoms with Gasteiger partial charge in [0.1, 0.15) is 0 Å². The standard InChI is InChI=1S/C13H22N2O2S/c1-11(16)18-12-9-13(17)15(10-12)8-7-14-5-3-2-4-6-14/h12H,2-10H2,1H3. The van der Waals surface area contributed by atoms with Gasteiger partial charge in [-0.1, -0.05) is 18.2 Å². The molecule has 0 aromatic rings. The van der Waals surface area contributed by atoms with Crippen molar-refractivity contribution in [3.63, 3.8) is 0 Å². The molecule has 0 aliphatic carbocycles. The molecule has 1 amide bonds. The average Bonchev–Trinajstić information content (AvgIpc) is 2.67. The van der Waals surface area contributed by atoms with Crippen LogP contribution in [0.2, 0.25) is 0 Å². The van der Waals surface area contributed by atoms with Gasteiger partial charge in [-0.25, -0.2) is 0 Å². The third-order valence-corrected chi connectivity index (χ3v) is 4.63. The van der Waals surface area contributed by atoms with E-state index in [9.17, 15) is 9.59 Å². The maximum atomic E-state index is 11.8. The quantitative estimate of drug-likeness (QED) is 0.773. The number of thioether (sulfide) groups is 1. The van der Waals surface area contributed by atoms with Crippen LogP contribution in [0, 0.1) is 0 Å². The van der Waals surface area contributed by atoms with Crippen LogP contribution in [0.5, 0.6) is 0 Å². The lowest BCUT2D eigenvalue weighted by Gasteiger charge is -2.28. The maximum absolute atomic E-state index is 11.8. The Labute approximate surface area is 113 Å². The van der Waals surface area contributed by atoms with Gasteiger partial charge in [0.25, 0.3) is 0 Å². The molecule has 2 heterocycles. The summed E-state index contributed by atoms with van der Waals surface area (Å²) in [6.07, 6.45) is 4.45. The van der Waals surface area contributed by atoms with E-state index < -0.39 is 0 Å². The summed E-state index contributed by atoms with van der Waals surface area (Å²) in [7, 11) is 0. The summed E-state index contributed by atoms with van der Waals surface area (Å²) >= 11 is 1.32. The first-order chi connectivity index (χ1) is 8.65. The van der Waals surface area contributed by atoms with Crippen LogP contribution in [0.25, 0.3) is 0 Å². The van der Waals surface area contributed by atoms with E-state index >= 15 is 0 Å². The summed E-state index contributed by atoms with van der Waals surface area (Å²) in [5, 5.41) is 0.294. The van der Waals surface area contributed by atoms with Gasteiger partial charge in [0.15, 0.2) is 5.12 Å². The van der Waals surface area contributed by atoms with Gasteiger partial charge in [-0.2, -0.15) is 0 Å². The van der Waals surface area contributed by atoms with E-state index in [0.717, 1.165) is 19.6 Å². The minimum atomic E-state index is 0.116. The predicted octanol–water partition coefficient (Wildman–Crippen LogP) is 1.35. The van der Waals surface area contributed by atoms with Crippen LogP contribution in [0.3, 0.4) is 0 Å². The number of likely N-dealkylation sites (tertiary alicyclic amines) is 2. The van der Waals surface area contributed by atoms with E-state index in [1.165, 1.54) is 44.1 Å².